The van der Waals surface area contributed by atoms with Crippen molar-refractivity contribution in [2.75, 3.05) is 20.7 Å². The molecule has 1 aromatic rings. The van der Waals surface area contributed by atoms with E-state index in [2.05, 4.69) is 50.9 Å². The zero-order chi connectivity index (χ0) is 15.1. The molecule has 1 aliphatic carbocycles. The molecule has 0 spiro atoms. The van der Waals surface area contributed by atoms with Gasteiger partial charge in [0.05, 0.1) is 7.11 Å². The van der Waals surface area contributed by atoms with Crippen LogP contribution in [-0.2, 0) is 6.54 Å². The summed E-state index contributed by atoms with van der Waals surface area (Å²) in [6.07, 6.45) is 3.81. The summed E-state index contributed by atoms with van der Waals surface area (Å²) >= 11 is 0. The lowest BCUT2D eigenvalue weighted by Gasteiger charge is -2.34. The maximum absolute atomic E-state index is 5.58. The fraction of sp³-hybridized carbons (Fsp3) is 0.579. The van der Waals surface area contributed by atoms with Crippen LogP contribution < -0.4 is 4.74 Å². The van der Waals surface area contributed by atoms with Crippen LogP contribution in [0.5, 0.6) is 5.75 Å². The predicted molar refractivity (Wildman–Crippen MR) is 87.8 cm³/mol. The van der Waals surface area contributed by atoms with Crippen molar-refractivity contribution >= 4 is 0 Å². The third kappa shape index (κ3) is 2.50. The number of fused-ring (bicyclic) bond motifs is 3. The summed E-state index contributed by atoms with van der Waals surface area (Å²) in [6, 6.07) is 4.40. The highest BCUT2D eigenvalue weighted by Crippen LogP contribution is 2.46. The Kier molecular flexibility index (Phi) is 3.83. The van der Waals surface area contributed by atoms with Crippen LogP contribution in [0.3, 0.4) is 0 Å². The van der Waals surface area contributed by atoms with Gasteiger partial charge in [-0.15, -0.1) is 0 Å². The van der Waals surface area contributed by atoms with Gasteiger partial charge in [-0.05, 0) is 55.0 Å². The second kappa shape index (κ2) is 5.49. The van der Waals surface area contributed by atoms with Crippen molar-refractivity contribution in [3.8, 4) is 5.75 Å². The number of benzene rings is 1. The number of rotatable bonds is 1. The van der Waals surface area contributed by atoms with E-state index in [4.69, 9.17) is 4.74 Å². The van der Waals surface area contributed by atoms with E-state index >= 15 is 0 Å². The van der Waals surface area contributed by atoms with Gasteiger partial charge in [0.1, 0.15) is 5.75 Å². The van der Waals surface area contributed by atoms with Crippen molar-refractivity contribution in [1.82, 2.24) is 4.90 Å². The van der Waals surface area contributed by atoms with Crippen LogP contribution in [0.25, 0.3) is 0 Å². The number of ether oxygens (including phenoxy) is 1. The van der Waals surface area contributed by atoms with Crippen molar-refractivity contribution in [2.24, 2.45) is 11.8 Å². The van der Waals surface area contributed by atoms with E-state index < -0.39 is 0 Å². The Bertz CT molecular complexity index is 575. The summed E-state index contributed by atoms with van der Waals surface area (Å²) in [5.74, 6) is 3.00. The van der Waals surface area contributed by atoms with Crippen LogP contribution >= 0.6 is 0 Å². The van der Waals surface area contributed by atoms with Crippen LogP contribution in [0.2, 0.25) is 0 Å². The fourth-order valence-corrected chi connectivity index (χ4v) is 4.46. The van der Waals surface area contributed by atoms with E-state index in [1.165, 1.54) is 23.1 Å². The molecule has 3 rings (SSSR count). The van der Waals surface area contributed by atoms with Crippen molar-refractivity contribution in [2.45, 2.75) is 39.7 Å². The van der Waals surface area contributed by atoms with Crippen LogP contribution in [0.1, 0.15) is 42.9 Å². The molecular weight excluding hydrogens is 258 g/mol. The molecule has 2 heteroatoms. The summed E-state index contributed by atoms with van der Waals surface area (Å²) in [5.41, 5.74) is 5.96. The van der Waals surface area contributed by atoms with Gasteiger partial charge in [-0.3, -0.25) is 4.90 Å². The average molecular weight is 285 g/mol. The maximum Gasteiger partial charge on any atom is 0.122 e. The highest BCUT2D eigenvalue weighted by molar-refractivity contribution is 5.51. The lowest BCUT2D eigenvalue weighted by molar-refractivity contribution is 0.334. The molecule has 3 atom stereocenters. The maximum atomic E-state index is 5.58. The molecule has 2 nitrogen and oxygen atoms in total. The van der Waals surface area contributed by atoms with Gasteiger partial charge in [-0.1, -0.05) is 31.6 Å². The smallest absolute Gasteiger partial charge is 0.122 e. The minimum atomic E-state index is 0.566. The minimum Gasteiger partial charge on any atom is -0.496 e. The molecule has 0 bridgehead atoms. The summed E-state index contributed by atoms with van der Waals surface area (Å²) < 4.78 is 5.58. The van der Waals surface area contributed by atoms with Crippen molar-refractivity contribution < 1.29 is 4.74 Å². The molecule has 0 N–H and O–H groups in total. The quantitative estimate of drug-likeness (QED) is 0.719. The monoisotopic (exact) mass is 285 g/mol. The largest absolute Gasteiger partial charge is 0.496 e. The first-order chi connectivity index (χ1) is 10.0. The minimum absolute atomic E-state index is 0.566. The first kappa shape index (κ1) is 14.6. The molecule has 1 aliphatic heterocycles. The zero-order valence-corrected chi connectivity index (χ0v) is 13.9. The highest BCUT2D eigenvalue weighted by atomic mass is 16.5. The van der Waals surface area contributed by atoms with Gasteiger partial charge in [-0.25, -0.2) is 0 Å². The molecule has 1 heterocycles. The lowest BCUT2D eigenvalue weighted by Crippen LogP contribution is -2.25. The molecule has 0 aromatic heterocycles. The molecule has 114 valence electrons. The fourth-order valence-electron chi connectivity index (χ4n) is 4.46. The summed E-state index contributed by atoms with van der Waals surface area (Å²) in [4.78, 5) is 2.45. The van der Waals surface area contributed by atoms with Crippen molar-refractivity contribution in [1.29, 1.82) is 0 Å². The van der Waals surface area contributed by atoms with Gasteiger partial charge in [0.25, 0.3) is 0 Å². The van der Waals surface area contributed by atoms with Gasteiger partial charge in [0, 0.05) is 19.0 Å². The van der Waals surface area contributed by atoms with E-state index in [0.29, 0.717) is 17.8 Å². The molecule has 2 aliphatic rings. The van der Waals surface area contributed by atoms with Crippen molar-refractivity contribution in [3.63, 3.8) is 0 Å². The first-order valence-corrected chi connectivity index (χ1v) is 8.06. The van der Waals surface area contributed by atoms with E-state index in [9.17, 15) is 0 Å². The van der Waals surface area contributed by atoms with Gasteiger partial charge in [-0.2, -0.15) is 0 Å². The van der Waals surface area contributed by atoms with E-state index in [1.54, 1.807) is 12.7 Å². The standard InChI is InChI=1S/C19H27NO/c1-12-8-13(2)18-16(9-12)11-20(4)10-15-6-7-17(21-5)14(3)19(15)18/h6-7,9,12-13,18H,8,10-11H2,1-5H3. The normalized spacial score (nSPS) is 29.2. The topological polar surface area (TPSA) is 12.5 Å². The summed E-state index contributed by atoms with van der Waals surface area (Å²) in [5, 5.41) is 0. The van der Waals surface area contributed by atoms with Gasteiger partial charge in [0.2, 0.25) is 0 Å². The lowest BCUT2D eigenvalue weighted by atomic mass is 9.71. The Balaban J connectivity index is 2.20. The second-order valence-corrected chi connectivity index (χ2v) is 7.05. The van der Waals surface area contributed by atoms with E-state index in [0.717, 1.165) is 18.8 Å². The molecule has 0 fully saturated rings. The number of nitrogens with zero attached hydrogens (tertiary/aromatic N) is 1. The average Bonchev–Trinajstić information content (AvgIpc) is 2.54. The van der Waals surface area contributed by atoms with Crippen LogP contribution in [-0.4, -0.2) is 25.6 Å². The third-order valence-electron chi connectivity index (χ3n) is 5.19. The Hall–Kier alpha value is -1.28. The van der Waals surface area contributed by atoms with E-state index in [1.807, 2.05) is 0 Å². The van der Waals surface area contributed by atoms with Gasteiger partial charge in [0.15, 0.2) is 0 Å². The number of methoxy groups -OCH3 is 1. The van der Waals surface area contributed by atoms with Crippen LogP contribution in [0.15, 0.2) is 23.8 Å². The Labute approximate surface area is 128 Å². The molecule has 0 radical (unpaired) electrons. The number of allylic oxidation sites excluding steroid dienone is 1. The Morgan fingerprint density at radius 3 is 2.67 bits per heavy atom. The summed E-state index contributed by atoms with van der Waals surface area (Å²) in [7, 11) is 4.01. The van der Waals surface area contributed by atoms with Gasteiger partial charge >= 0.3 is 0 Å². The van der Waals surface area contributed by atoms with Crippen LogP contribution in [0, 0.1) is 18.8 Å². The SMILES string of the molecule is COc1ccc2c(c1C)C1C(=CC(C)CC1C)CN(C)C2. The zero-order valence-electron chi connectivity index (χ0n) is 13.9. The molecule has 0 amide bonds. The molecule has 3 unspecified atom stereocenters. The number of likely N-dealkylation sites (N-methyl/N-ethyl adjacent to an activating group) is 1. The van der Waals surface area contributed by atoms with Crippen LogP contribution in [0.4, 0.5) is 0 Å². The number of hydrogen-bond donors (Lipinski definition) is 0. The third-order valence-corrected chi connectivity index (χ3v) is 5.19. The molecule has 21 heavy (non-hydrogen) atoms. The Morgan fingerprint density at radius 1 is 1.19 bits per heavy atom. The molecule has 1 aromatic carbocycles. The Morgan fingerprint density at radius 2 is 1.95 bits per heavy atom. The molecular formula is C19H27NO. The summed E-state index contributed by atoms with van der Waals surface area (Å²) in [6.45, 7) is 9.13. The predicted octanol–water partition coefficient (Wildman–Crippen LogP) is 4.13. The second-order valence-electron chi connectivity index (χ2n) is 7.05. The highest BCUT2D eigenvalue weighted by Gasteiger charge is 2.34. The van der Waals surface area contributed by atoms with Crippen molar-refractivity contribution in [3.05, 3.63) is 40.5 Å². The van der Waals surface area contributed by atoms with Gasteiger partial charge < -0.3 is 4.74 Å². The molecule has 0 saturated heterocycles. The first-order valence-electron chi connectivity index (χ1n) is 8.06. The van der Waals surface area contributed by atoms with E-state index in [-0.39, 0.29) is 0 Å². The molecule has 0 saturated carbocycles. The number of hydrogen-bond acceptors (Lipinski definition) is 2.